The molecule has 2 nitrogen and oxygen atoms in total. The van der Waals surface area contributed by atoms with Crippen LogP contribution in [0.15, 0.2) is 12.1 Å². The lowest BCUT2D eigenvalue weighted by atomic mass is 10.1. The molecule has 1 aliphatic rings. The third kappa shape index (κ3) is 3.28. The Kier molecular flexibility index (Phi) is 4.12. The summed E-state index contributed by atoms with van der Waals surface area (Å²) in [6.45, 7) is 2.65. The Morgan fingerprint density at radius 3 is 2.42 bits per heavy atom. The molecule has 5 heteroatoms. The highest BCUT2D eigenvalue weighted by Crippen LogP contribution is 2.29. The minimum absolute atomic E-state index is 0.192. The lowest BCUT2D eigenvalue weighted by Crippen LogP contribution is -2.28. The molecule has 2 atom stereocenters. The van der Waals surface area contributed by atoms with Crippen molar-refractivity contribution in [3.63, 3.8) is 0 Å². The second-order valence-corrected chi connectivity index (χ2v) is 5.25. The zero-order valence-corrected chi connectivity index (χ0v) is 10.7. The van der Waals surface area contributed by atoms with E-state index in [1.807, 2.05) is 0 Å². The van der Waals surface area contributed by atoms with Gasteiger partial charge in [0.15, 0.2) is 17.5 Å². The first kappa shape index (κ1) is 13.9. The van der Waals surface area contributed by atoms with Gasteiger partial charge >= 0.3 is 0 Å². The second kappa shape index (κ2) is 5.63. The molecule has 0 spiro atoms. The molecule has 19 heavy (non-hydrogen) atoms. The number of benzene rings is 1. The molecule has 2 unspecified atom stereocenters. The standard InChI is InChI=1S/C14H16F3NO/c1-8-2-3-9(4-8)7-18-14(19)10-5-11(15)13(17)12(16)6-10/h5-6,8-9H,2-4,7H2,1H3,(H,18,19). The largest absolute Gasteiger partial charge is 0.352 e. The van der Waals surface area contributed by atoms with Crippen LogP contribution in [0.2, 0.25) is 0 Å². The van der Waals surface area contributed by atoms with E-state index in [2.05, 4.69) is 12.2 Å². The van der Waals surface area contributed by atoms with Crippen molar-refractivity contribution in [1.29, 1.82) is 0 Å². The van der Waals surface area contributed by atoms with Gasteiger partial charge in [-0.3, -0.25) is 4.79 Å². The van der Waals surface area contributed by atoms with Gasteiger partial charge in [-0.1, -0.05) is 13.3 Å². The molecule has 0 aromatic heterocycles. The fourth-order valence-electron chi connectivity index (χ4n) is 2.54. The Bertz CT molecular complexity index is 467. The van der Waals surface area contributed by atoms with Gasteiger partial charge in [-0.2, -0.15) is 0 Å². The molecule has 0 bridgehead atoms. The van der Waals surface area contributed by atoms with Crippen molar-refractivity contribution in [2.75, 3.05) is 6.54 Å². The molecular formula is C14H16F3NO. The molecule has 1 aromatic rings. The lowest BCUT2D eigenvalue weighted by molar-refractivity contribution is 0.0946. The van der Waals surface area contributed by atoms with E-state index in [1.165, 1.54) is 0 Å². The first-order chi connectivity index (χ1) is 8.97. The van der Waals surface area contributed by atoms with Crippen molar-refractivity contribution < 1.29 is 18.0 Å². The number of amides is 1. The van der Waals surface area contributed by atoms with Crippen molar-refractivity contribution in [2.24, 2.45) is 11.8 Å². The molecule has 1 saturated carbocycles. The number of hydrogen-bond donors (Lipinski definition) is 1. The molecule has 0 radical (unpaired) electrons. The number of carbonyl (C=O) groups excluding carboxylic acids is 1. The van der Waals surface area contributed by atoms with Crippen molar-refractivity contribution in [3.8, 4) is 0 Å². The van der Waals surface area contributed by atoms with Crippen molar-refractivity contribution in [1.82, 2.24) is 5.32 Å². The molecule has 0 saturated heterocycles. The molecule has 1 fully saturated rings. The first-order valence-electron chi connectivity index (χ1n) is 6.40. The molecule has 1 aliphatic carbocycles. The van der Waals surface area contributed by atoms with Gasteiger partial charge < -0.3 is 5.32 Å². The van der Waals surface area contributed by atoms with Crippen LogP contribution in [0.3, 0.4) is 0 Å². The summed E-state index contributed by atoms with van der Waals surface area (Å²) in [4.78, 5) is 11.7. The van der Waals surface area contributed by atoms with Gasteiger partial charge in [-0.05, 0) is 36.8 Å². The maximum atomic E-state index is 13.0. The van der Waals surface area contributed by atoms with Crippen LogP contribution >= 0.6 is 0 Å². The van der Waals surface area contributed by atoms with E-state index in [9.17, 15) is 18.0 Å². The molecule has 1 aromatic carbocycles. The van der Waals surface area contributed by atoms with Crippen LogP contribution in [0.5, 0.6) is 0 Å². The van der Waals surface area contributed by atoms with E-state index in [1.54, 1.807) is 0 Å². The molecule has 1 N–H and O–H groups in total. The van der Waals surface area contributed by atoms with Gasteiger partial charge in [-0.25, -0.2) is 13.2 Å². The summed E-state index contributed by atoms with van der Waals surface area (Å²) < 4.78 is 38.8. The van der Waals surface area contributed by atoms with Gasteiger partial charge in [0, 0.05) is 12.1 Å². The lowest BCUT2D eigenvalue weighted by Gasteiger charge is -2.11. The van der Waals surface area contributed by atoms with E-state index >= 15 is 0 Å². The predicted molar refractivity (Wildman–Crippen MR) is 65.2 cm³/mol. The summed E-state index contributed by atoms with van der Waals surface area (Å²) >= 11 is 0. The molecule has 2 rings (SSSR count). The fraction of sp³-hybridized carbons (Fsp3) is 0.500. The van der Waals surface area contributed by atoms with Crippen molar-refractivity contribution in [3.05, 3.63) is 35.1 Å². The summed E-state index contributed by atoms with van der Waals surface area (Å²) in [5, 5.41) is 2.64. The third-order valence-corrected chi connectivity index (χ3v) is 3.60. The van der Waals surface area contributed by atoms with Crippen LogP contribution < -0.4 is 5.32 Å². The predicted octanol–water partition coefficient (Wildman–Crippen LogP) is 3.27. The topological polar surface area (TPSA) is 29.1 Å². The van der Waals surface area contributed by atoms with Gasteiger partial charge in [0.25, 0.3) is 5.91 Å². The Balaban J connectivity index is 1.96. The zero-order chi connectivity index (χ0) is 14.0. The number of rotatable bonds is 3. The highest BCUT2D eigenvalue weighted by atomic mass is 19.2. The van der Waals surface area contributed by atoms with Crippen molar-refractivity contribution in [2.45, 2.75) is 26.2 Å². The summed E-state index contributed by atoms with van der Waals surface area (Å²) in [6.07, 6.45) is 3.24. The monoisotopic (exact) mass is 271 g/mol. The Morgan fingerprint density at radius 2 is 1.89 bits per heavy atom. The number of carbonyl (C=O) groups is 1. The van der Waals surface area contributed by atoms with Crippen LogP contribution in [-0.2, 0) is 0 Å². The number of hydrogen-bond acceptors (Lipinski definition) is 1. The van der Waals surface area contributed by atoms with E-state index in [0.717, 1.165) is 19.3 Å². The van der Waals surface area contributed by atoms with Gasteiger partial charge in [-0.15, -0.1) is 0 Å². The second-order valence-electron chi connectivity index (χ2n) is 5.25. The summed E-state index contributed by atoms with van der Waals surface area (Å²) in [6, 6.07) is 1.43. The van der Waals surface area contributed by atoms with Crippen LogP contribution in [-0.4, -0.2) is 12.5 Å². The number of nitrogens with one attached hydrogen (secondary N) is 1. The first-order valence-corrected chi connectivity index (χ1v) is 6.40. The van der Waals surface area contributed by atoms with E-state index in [4.69, 9.17) is 0 Å². The molecule has 0 aliphatic heterocycles. The minimum Gasteiger partial charge on any atom is -0.352 e. The Morgan fingerprint density at radius 1 is 1.26 bits per heavy atom. The normalized spacial score (nSPS) is 22.5. The minimum atomic E-state index is -1.55. The van der Waals surface area contributed by atoms with Crippen LogP contribution in [0, 0.1) is 29.3 Å². The van der Waals surface area contributed by atoms with Gasteiger partial charge in [0.1, 0.15) is 0 Å². The summed E-state index contributed by atoms with van der Waals surface area (Å²) in [5.74, 6) is -3.76. The Hall–Kier alpha value is -1.52. The SMILES string of the molecule is CC1CCC(CNC(=O)c2cc(F)c(F)c(F)c2)C1. The highest BCUT2D eigenvalue weighted by molar-refractivity contribution is 5.94. The maximum Gasteiger partial charge on any atom is 0.251 e. The average Bonchev–Trinajstić information content (AvgIpc) is 2.78. The van der Waals surface area contributed by atoms with Gasteiger partial charge in [0.05, 0.1) is 0 Å². The maximum absolute atomic E-state index is 13.0. The molecule has 104 valence electrons. The van der Waals surface area contributed by atoms with Crippen LogP contribution in [0.1, 0.15) is 36.5 Å². The fourth-order valence-corrected chi connectivity index (χ4v) is 2.54. The zero-order valence-electron chi connectivity index (χ0n) is 10.7. The molecular weight excluding hydrogens is 255 g/mol. The average molecular weight is 271 g/mol. The van der Waals surface area contributed by atoms with Crippen LogP contribution in [0.4, 0.5) is 13.2 Å². The number of halogens is 3. The van der Waals surface area contributed by atoms with E-state index in [-0.39, 0.29) is 5.56 Å². The van der Waals surface area contributed by atoms with E-state index in [0.29, 0.717) is 30.5 Å². The summed E-state index contributed by atoms with van der Waals surface area (Å²) in [7, 11) is 0. The third-order valence-electron chi connectivity index (χ3n) is 3.60. The Labute approximate surface area is 110 Å². The quantitative estimate of drug-likeness (QED) is 0.840. The summed E-state index contributed by atoms with van der Waals surface area (Å²) in [5.41, 5.74) is -0.192. The molecule has 1 amide bonds. The van der Waals surface area contributed by atoms with Gasteiger partial charge in [0.2, 0.25) is 0 Å². The smallest absolute Gasteiger partial charge is 0.251 e. The van der Waals surface area contributed by atoms with E-state index < -0.39 is 23.4 Å². The molecule has 0 heterocycles. The van der Waals surface area contributed by atoms with Crippen LogP contribution in [0.25, 0.3) is 0 Å². The highest BCUT2D eigenvalue weighted by Gasteiger charge is 2.22. The van der Waals surface area contributed by atoms with Crippen molar-refractivity contribution >= 4 is 5.91 Å².